The lowest BCUT2D eigenvalue weighted by molar-refractivity contribution is -0.137. The summed E-state index contributed by atoms with van der Waals surface area (Å²) >= 11 is 0. The number of anilines is 1. The van der Waals surface area contributed by atoms with Crippen molar-refractivity contribution in [2.45, 2.75) is 25.1 Å². The van der Waals surface area contributed by atoms with Crippen molar-refractivity contribution < 1.29 is 27.2 Å². The van der Waals surface area contributed by atoms with Crippen LogP contribution in [-0.2, 0) is 11.0 Å². The van der Waals surface area contributed by atoms with E-state index in [-0.39, 0.29) is 28.8 Å². The van der Waals surface area contributed by atoms with Crippen LogP contribution in [0.4, 0.5) is 23.4 Å². The number of hydrogen-bond donors (Lipinski definition) is 1. The topological polar surface area (TPSA) is 93.0 Å². The molecule has 4 aromatic rings. The summed E-state index contributed by atoms with van der Waals surface area (Å²) in [6.45, 7) is 4.47. The Morgan fingerprint density at radius 1 is 1.13 bits per heavy atom. The van der Waals surface area contributed by atoms with Gasteiger partial charge in [0.15, 0.2) is 5.82 Å². The minimum Gasteiger partial charge on any atom is -0.337 e. The molecule has 0 aliphatic carbocycles. The molecule has 1 atom stereocenters. The molecular formula is C27H22F4N6O2. The van der Waals surface area contributed by atoms with Crippen molar-refractivity contribution >= 4 is 28.5 Å². The number of carbonyl (C=O) groups excluding carboxylic acids is 2. The van der Waals surface area contributed by atoms with Crippen molar-refractivity contribution in [2.24, 2.45) is 0 Å². The summed E-state index contributed by atoms with van der Waals surface area (Å²) in [6.07, 6.45) is 1.68. The van der Waals surface area contributed by atoms with Crippen molar-refractivity contribution in [1.82, 2.24) is 24.6 Å². The molecule has 39 heavy (non-hydrogen) atoms. The first-order valence-corrected chi connectivity index (χ1v) is 12.0. The SMILES string of the molecule is C=CC(=O)N1CCCC(n2nc(-c3ccc(C(=O)Nc4cc(C(F)(F)F)ccn4)cc3)c3cncc(F)c32)C1. The molecule has 3 aromatic heterocycles. The maximum absolute atomic E-state index is 15.0. The molecule has 2 amide bonds. The second kappa shape index (κ2) is 10.3. The molecule has 12 heteroatoms. The molecule has 0 bridgehead atoms. The van der Waals surface area contributed by atoms with E-state index >= 15 is 0 Å². The Kier molecular flexibility index (Phi) is 6.85. The lowest BCUT2D eigenvalue weighted by atomic mass is 10.0. The minimum absolute atomic E-state index is 0.178. The highest BCUT2D eigenvalue weighted by molar-refractivity contribution is 6.04. The van der Waals surface area contributed by atoms with Gasteiger partial charge in [-0.15, -0.1) is 0 Å². The van der Waals surface area contributed by atoms with Crippen LogP contribution in [0.2, 0.25) is 0 Å². The highest BCUT2D eigenvalue weighted by Gasteiger charge is 2.31. The van der Waals surface area contributed by atoms with E-state index in [0.29, 0.717) is 36.2 Å². The molecule has 200 valence electrons. The third-order valence-electron chi connectivity index (χ3n) is 6.54. The summed E-state index contributed by atoms with van der Waals surface area (Å²) in [6, 6.07) is 7.50. The van der Waals surface area contributed by atoms with Gasteiger partial charge in [-0.25, -0.2) is 9.37 Å². The molecule has 1 aromatic carbocycles. The molecular weight excluding hydrogens is 516 g/mol. The first-order valence-electron chi connectivity index (χ1n) is 12.0. The van der Waals surface area contributed by atoms with Crippen LogP contribution in [0.1, 0.15) is 34.8 Å². The van der Waals surface area contributed by atoms with Crippen LogP contribution in [0.15, 0.2) is 67.6 Å². The highest BCUT2D eigenvalue weighted by atomic mass is 19.4. The Morgan fingerprint density at radius 3 is 2.62 bits per heavy atom. The summed E-state index contributed by atoms with van der Waals surface area (Å²) in [5, 5.41) is 7.52. The Morgan fingerprint density at radius 2 is 1.90 bits per heavy atom. The van der Waals surface area contributed by atoms with Gasteiger partial charge in [0.05, 0.1) is 17.8 Å². The molecule has 1 fully saturated rings. The Bertz CT molecular complexity index is 1570. The number of likely N-dealkylation sites (tertiary alicyclic amines) is 1. The number of aromatic nitrogens is 4. The van der Waals surface area contributed by atoms with E-state index < -0.39 is 23.5 Å². The number of nitrogens with one attached hydrogen (secondary N) is 1. The largest absolute Gasteiger partial charge is 0.416 e. The number of nitrogens with zero attached hydrogens (tertiary/aromatic N) is 5. The van der Waals surface area contributed by atoms with Crippen LogP contribution in [0, 0.1) is 5.82 Å². The number of fused-ring (bicyclic) bond motifs is 1. The smallest absolute Gasteiger partial charge is 0.337 e. The zero-order chi connectivity index (χ0) is 27.7. The average molecular weight is 539 g/mol. The number of hydrogen-bond acceptors (Lipinski definition) is 5. The van der Waals surface area contributed by atoms with E-state index in [0.717, 1.165) is 30.9 Å². The molecule has 0 saturated carbocycles. The number of piperidine rings is 1. The molecule has 5 rings (SSSR count). The second-order valence-corrected chi connectivity index (χ2v) is 9.05. The molecule has 8 nitrogen and oxygen atoms in total. The molecule has 1 unspecified atom stereocenters. The molecule has 1 aliphatic rings. The maximum atomic E-state index is 15.0. The van der Waals surface area contributed by atoms with Gasteiger partial charge in [0, 0.05) is 42.0 Å². The summed E-state index contributed by atoms with van der Waals surface area (Å²) in [5.74, 6) is -1.64. The van der Waals surface area contributed by atoms with Gasteiger partial charge >= 0.3 is 6.18 Å². The van der Waals surface area contributed by atoms with Crippen LogP contribution in [0.5, 0.6) is 0 Å². The number of carbonyl (C=O) groups is 2. The fraction of sp³-hybridized carbons (Fsp3) is 0.222. The minimum atomic E-state index is -4.57. The van der Waals surface area contributed by atoms with Crippen LogP contribution in [-0.4, -0.2) is 49.6 Å². The van der Waals surface area contributed by atoms with Crippen molar-refractivity contribution in [3.05, 3.63) is 84.6 Å². The number of amides is 2. The second-order valence-electron chi connectivity index (χ2n) is 9.05. The van der Waals surface area contributed by atoms with Gasteiger partial charge < -0.3 is 10.2 Å². The number of benzene rings is 1. The van der Waals surface area contributed by atoms with E-state index in [1.54, 1.807) is 21.7 Å². The van der Waals surface area contributed by atoms with Gasteiger partial charge in [-0.2, -0.15) is 18.3 Å². The van der Waals surface area contributed by atoms with Crippen LogP contribution < -0.4 is 5.32 Å². The highest BCUT2D eigenvalue weighted by Crippen LogP contribution is 2.34. The fourth-order valence-electron chi connectivity index (χ4n) is 4.65. The molecule has 1 N–H and O–H groups in total. The first-order chi connectivity index (χ1) is 18.7. The lowest BCUT2D eigenvalue weighted by Gasteiger charge is -2.32. The van der Waals surface area contributed by atoms with Gasteiger partial charge in [0.25, 0.3) is 5.91 Å². The molecule has 1 aliphatic heterocycles. The van der Waals surface area contributed by atoms with Crippen molar-refractivity contribution in [3.63, 3.8) is 0 Å². The number of halogens is 4. The van der Waals surface area contributed by atoms with Crippen LogP contribution in [0.3, 0.4) is 0 Å². The first kappa shape index (κ1) is 26.0. The number of pyridine rings is 2. The average Bonchev–Trinajstić information content (AvgIpc) is 3.33. The monoisotopic (exact) mass is 538 g/mol. The van der Waals surface area contributed by atoms with Gasteiger partial charge in [-0.1, -0.05) is 18.7 Å². The van der Waals surface area contributed by atoms with E-state index in [2.05, 4.69) is 21.9 Å². The summed E-state index contributed by atoms with van der Waals surface area (Å²) in [5.41, 5.74) is 0.527. The zero-order valence-corrected chi connectivity index (χ0v) is 20.5. The number of alkyl halides is 3. The van der Waals surface area contributed by atoms with E-state index in [1.807, 2.05) is 0 Å². The third-order valence-corrected chi connectivity index (χ3v) is 6.54. The Hall–Kier alpha value is -4.61. The van der Waals surface area contributed by atoms with E-state index in [9.17, 15) is 27.2 Å². The van der Waals surface area contributed by atoms with Crippen molar-refractivity contribution in [1.29, 1.82) is 0 Å². The lowest BCUT2D eigenvalue weighted by Crippen LogP contribution is -2.40. The normalized spacial score (nSPS) is 15.8. The molecule has 1 saturated heterocycles. The summed E-state index contributed by atoms with van der Waals surface area (Å²) in [4.78, 5) is 34.2. The fourth-order valence-corrected chi connectivity index (χ4v) is 4.65. The standard InChI is InChI=1S/C27H22F4N6O2/c1-2-23(38)36-11-3-4-19(15-36)37-25-20(13-32-14-21(25)28)24(35-37)16-5-7-17(8-6-16)26(39)34-22-12-18(9-10-33-22)27(29,30)31/h2,5-10,12-14,19H,1,3-4,11,15H2,(H,33,34,39). The van der Waals surface area contributed by atoms with Gasteiger partial charge in [-0.3, -0.25) is 19.3 Å². The van der Waals surface area contributed by atoms with Crippen LogP contribution >= 0.6 is 0 Å². The van der Waals surface area contributed by atoms with Gasteiger partial charge in [-0.05, 0) is 43.2 Å². The van der Waals surface area contributed by atoms with Crippen molar-refractivity contribution in [2.75, 3.05) is 18.4 Å². The molecule has 4 heterocycles. The predicted octanol–water partition coefficient (Wildman–Crippen LogP) is 5.25. The zero-order valence-electron chi connectivity index (χ0n) is 20.5. The third kappa shape index (κ3) is 5.22. The quantitative estimate of drug-likeness (QED) is 0.277. The van der Waals surface area contributed by atoms with Gasteiger partial charge in [0.2, 0.25) is 5.91 Å². The summed E-state index contributed by atoms with van der Waals surface area (Å²) < 4.78 is 55.5. The van der Waals surface area contributed by atoms with E-state index in [1.165, 1.54) is 24.4 Å². The van der Waals surface area contributed by atoms with E-state index in [4.69, 9.17) is 5.10 Å². The number of rotatable bonds is 5. The summed E-state index contributed by atoms with van der Waals surface area (Å²) in [7, 11) is 0. The molecule has 0 radical (unpaired) electrons. The van der Waals surface area contributed by atoms with Gasteiger partial charge in [0.1, 0.15) is 17.0 Å². The molecule has 0 spiro atoms. The van der Waals surface area contributed by atoms with Crippen molar-refractivity contribution in [3.8, 4) is 11.3 Å². The Labute approximate surface area is 220 Å². The predicted molar refractivity (Wildman–Crippen MR) is 135 cm³/mol. The van der Waals surface area contributed by atoms with Crippen LogP contribution in [0.25, 0.3) is 22.2 Å². The Balaban J connectivity index is 1.43. The maximum Gasteiger partial charge on any atom is 0.416 e.